The van der Waals surface area contributed by atoms with Gasteiger partial charge in [-0.05, 0) is 55.9 Å². The molecule has 0 saturated heterocycles. The summed E-state index contributed by atoms with van der Waals surface area (Å²) in [6.07, 6.45) is 3.14. The fourth-order valence-electron chi connectivity index (χ4n) is 4.98. The molecule has 0 fully saturated rings. The summed E-state index contributed by atoms with van der Waals surface area (Å²) >= 11 is 0. The number of benzene rings is 2. The minimum absolute atomic E-state index is 0.209. The van der Waals surface area contributed by atoms with Crippen molar-refractivity contribution in [2.75, 3.05) is 12.8 Å². The molecule has 1 atom stereocenters. The summed E-state index contributed by atoms with van der Waals surface area (Å²) in [5.74, 6) is -0.574. The summed E-state index contributed by atoms with van der Waals surface area (Å²) < 4.78 is 17.9. The number of fused-ring (bicyclic) bond motifs is 2. The van der Waals surface area contributed by atoms with Crippen molar-refractivity contribution in [1.29, 1.82) is 0 Å². The lowest BCUT2D eigenvalue weighted by Gasteiger charge is -2.15. The molecule has 4 N–H and O–H groups in total. The van der Waals surface area contributed by atoms with E-state index in [1.54, 1.807) is 10.9 Å². The van der Waals surface area contributed by atoms with Gasteiger partial charge in [0, 0.05) is 35.5 Å². The largest absolute Gasteiger partial charge is 0.508 e. The first kappa shape index (κ1) is 23.6. The molecule has 4 aromatic heterocycles. The summed E-state index contributed by atoms with van der Waals surface area (Å²) in [5.41, 5.74) is 12.5. The number of aromatic nitrogens is 6. The highest BCUT2D eigenvalue weighted by atomic mass is 19.1. The highest BCUT2D eigenvalue weighted by Crippen LogP contribution is 2.38. The molecule has 1 unspecified atom stereocenters. The van der Waals surface area contributed by atoms with Crippen LogP contribution in [0.1, 0.15) is 24.1 Å². The molecule has 0 bridgehead atoms. The molecule has 0 aliphatic rings. The number of rotatable bonds is 6. The predicted octanol–water partition coefficient (Wildman–Crippen LogP) is 4.56. The first-order chi connectivity index (χ1) is 18.4. The SMILES string of the molecule is CNCc1cccc(-c2c(C(C)n3nc(-c4cc(O)cc(F)c4)c4c(N)ncnc43)cc3cccnn23)c1. The minimum Gasteiger partial charge on any atom is -0.508 e. The summed E-state index contributed by atoms with van der Waals surface area (Å²) in [7, 11) is 1.92. The fourth-order valence-corrected chi connectivity index (χ4v) is 4.98. The quantitative estimate of drug-likeness (QED) is 0.302. The Kier molecular flexibility index (Phi) is 5.73. The lowest BCUT2D eigenvalue weighted by atomic mass is 10.0. The lowest BCUT2D eigenvalue weighted by Crippen LogP contribution is -2.11. The van der Waals surface area contributed by atoms with Crippen molar-refractivity contribution in [3.8, 4) is 28.3 Å². The molecule has 190 valence electrons. The number of hydrogen-bond acceptors (Lipinski definition) is 7. The Hall–Kier alpha value is -4.83. The molecule has 4 heterocycles. The molecule has 0 spiro atoms. The van der Waals surface area contributed by atoms with Crippen molar-refractivity contribution in [3.63, 3.8) is 0 Å². The number of nitrogens with one attached hydrogen (secondary N) is 1. The zero-order chi connectivity index (χ0) is 26.4. The molecule has 6 aromatic rings. The van der Waals surface area contributed by atoms with Crippen LogP contribution < -0.4 is 11.1 Å². The van der Waals surface area contributed by atoms with Crippen LogP contribution in [0.4, 0.5) is 10.2 Å². The molecule has 0 aliphatic heterocycles. The minimum atomic E-state index is -0.584. The molecule has 10 heteroatoms. The summed E-state index contributed by atoms with van der Waals surface area (Å²) in [6, 6.07) is 17.8. The van der Waals surface area contributed by atoms with E-state index in [-0.39, 0.29) is 17.6 Å². The third-order valence-corrected chi connectivity index (χ3v) is 6.64. The number of nitrogen functional groups attached to an aromatic ring is 1. The van der Waals surface area contributed by atoms with Gasteiger partial charge in [0.15, 0.2) is 5.65 Å². The van der Waals surface area contributed by atoms with Gasteiger partial charge in [-0.2, -0.15) is 10.2 Å². The number of nitrogens with two attached hydrogens (primary N) is 1. The van der Waals surface area contributed by atoms with Gasteiger partial charge in [0.05, 0.1) is 22.6 Å². The van der Waals surface area contributed by atoms with E-state index in [0.717, 1.165) is 40.5 Å². The summed E-state index contributed by atoms with van der Waals surface area (Å²) in [4.78, 5) is 8.64. The zero-order valence-corrected chi connectivity index (χ0v) is 20.8. The predicted molar refractivity (Wildman–Crippen MR) is 144 cm³/mol. The first-order valence-electron chi connectivity index (χ1n) is 12.1. The molecule has 2 aromatic carbocycles. The standard InChI is InChI=1S/C28H25FN8O/c1-16(23-13-21-7-4-8-34-37(21)26(23)18-6-3-5-17(9-18)14-31-2)36-28-24(27(30)32-15-33-28)25(35-36)19-10-20(29)12-22(38)11-19/h3-13,15-16,31,38H,14H2,1-2H3,(H2,30,32,33). The molecule has 38 heavy (non-hydrogen) atoms. The number of nitrogens with zero attached hydrogens (tertiary/aromatic N) is 6. The van der Waals surface area contributed by atoms with E-state index in [9.17, 15) is 9.50 Å². The number of hydrogen-bond donors (Lipinski definition) is 3. The Morgan fingerprint density at radius 2 is 1.92 bits per heavy atom. The molecular formula is C28H25FN8O. The van der Waals surface area contributed by atoms with Gasteiger partial charge in [-0.25, -0.2) is 23.6 Å². The second-order valence-electron chi connectivity index (χ2n) is 9.16. The van der Waals surface area contributed by atoms with Crippen LogP contribution in [-0.2, 0) is 6.54 Å². The van der Waals surface area contributed by atoms with Gasteiger partial charge in [-0.1, -0.05) is 18.2 Å². The van der Waals surface area contributed by atoms with Gasteiger partial charge in [-0.15, -0.1) is 0 Å². The van der Waals surface area contributed by atoms with E-state index in [2.05, 4.69) is 44.6 Å². The smallest absolute Gasteiger partial charge is 0.164 e. The average Bonchev–Trinajstić information content (AvgIpc) is 3.48. The number of halogens is 1. The van der Waals surface area contributed by atoms with Crippen LogP contribution in [-0.4, -0.2) is 41.5 Å². The highest BCUT2D eigenvalue weighted by Gasteiger charge is 2.25. The Balaban J connectivity index is 1.58. The molecule has 0 aliphatic carbocycles. The van der Waals surface area contributed by atoms with Crippen molar-refractivity contribution in [2.45, 2.75) is 19.5 Å². The first-order valence-corrected chi connectivity index (χ1v) is 12.1. The van der Waals surface area contributed by atoms with Crippen LogP contribution in [0.25, 0.3) is 39.1 Å². The van der Waals surface area contributed by atoms with E-state index < -0.39 is 5.82 Å². The van der Waals surface area contributed by atoms with E-state index >= 15 is 0 Å². The second kappa shape index (κ2) is 9.24. The number of aromatic hydroxyl groups is 1. The van der Waals surface area contributed by atoms with Gasteiger partial charge < -0.3 is 16.2 Å². The van der Waals surface area contributed by atoms with E-state index in [4.69, 9.17) is 10.8 Å². The van der Waals surface area contributed by atoms with Gasteiger partial charge >= 0.3 is 0 Å². The maximum Gasteiger partial charge on any atom is 0.164 e. The summed E-state index contributed by atoms with van der Waals surface area (Å²) in [5, 5.41) is 23.2. The number of phenolic OH excluding ortho intramolecular Hbond substituents is 1. The van der Waals surface area contributed by atoms with Crippen LogP contribution in [0, 0.1) is 5.82 Å². The van der Waals surface area contributed by atoms with E-state index in [1.165, 1.54) is 18.5 Å². The Bertz CT molecular complexity index is 1790. The van der Waals surface area contributed by atoms with Gasteiger partial charge in [0.1, 0.15) is 29.4 Å². The second-order valence-corrected chi connectivity index (χ2v) is 9.16. The van der Waals surface area contributed by atoms with Gasteiger partial charge in [-0.3, -0.25) is 0 Å². The normalized spacial score (nSPS) is 12.4. The monoisotopic (exact) mass is 508 g/mol. The van der Waals surface area contributed by atoms with Crippen molar-refractivity contribution in [1.82, 2.24) is 34.7 Å². The molecule has 0 amide bonds. The molecular weight excluding hydrogens is 483 g/mol. The Labute approximate surface area is 217 Å². The van der Waals surface area contributed by atoms with Crippen molar-refractivity contribution in [3.05, 3.63) is 90.1 Å². The topological polar surface area (TPSA) is 119 Å². The van der Waals surface area contributed by atoms with Gasteiger partial charge in [0.25, 0.3) is 0 Å². The average molecular weight is 509 g/mol. The van der Waals surface area contributed by atoms with Crippen LogP contribution in [0.2, 0.25) is 0 Å². The number of phenols is 1. The zero-order valence-electron chi connectivity index (χ0n) is 20.8. The van der Waals surface area contributed by atoms with Crippen LogP contribution >= 0.6 is 0 Å². The molecule has 0 saturated carbocycles. The lowest BCUT2D eigenvalue weighted by molar-refractivity contribution is 0.469. The molecule has 0 radical (unpaired) electrons. The number of anilines is 1. The Morgan fingerprint density at radius 3 is 2.74 bits per heavy atom. The van der Waals surface area contributed by atoms with Crippen molar-refractivity contribution < 1.29 is 9.50 Å². The highest BCUT2D eigenvalue weighted by molar-refractivity contribution is 5.98. The Morgan fingerprint density at radius 1 is 1.05 bits per heavy atom. The maximum absolute atomic E-state index is 14.2. The third-order valence-electron chi connectivity index (χ3n) is 6.64. The van der Waals surface area contributed by atoms with Gasteiger partial charge in [0.2, 0.25) is 0 Å². The van der Waals surface area contributed by atoms with E-state index in [1.807, 2.05) is 36.7 Å². The van der Waals surface area contributed by atoms with E-state index in [0.29, 0.717) is 22.3 Å². The van der Waals surface area contributed by atoms with Crippen LogP contribution in [0.3, 0.4) is 0 Å². The molecule has 6 rings (SSSR count). The van der Waals surface area contributed by atoms with Crippen molar-refractivity contribution >= 4 is 22.4 Å². The maximum atomic E-state index is 14.2. The summed E-state index contributed by atoms with van der Waals surface area (Å²) in [6.45, 7) is 2.76. The van der Waals surface area contributed by atoms with Crippen molar-refractivity contribution in [2.24, 2.45) is 0 Å². The fraction of sp³-hybridized carbons (Fsp3) is 0.143. The van der Waals surface area contributed by atoms with Crippen LogP contribution in [0.5, 0.6) is 5.75 Å². The molecule has 9 nitrogen and oxygen atoms in total. The van der Waals surface area contributed by atoms with Crippen LogP contribution in [0.15, 0.2) is 73.2 Å². The third kappa shape index (κ3) is 3.91.